The first-order valence-electron chi connectivity index (χ1n) is 6.59. The summed E-state index contributed by atoms with van der Waals surface area (Å²) in [6.07, 6.45) is 0. The van der Waals surface area contributed by atoms with E-state index in [9.17, 15) is 5.11 Å². The van der Waals surface area contributed by atoms with Crippen LogP contribution in [0, 0.1) is 6.92 Å². The lowest BCUT2D eigenvalue weighted by molar-refractivity contribution is 0.257. The van der Waals surface area contributed by atoms with Crippen molar-refractivity contribution in [2.75, 3.05) is 14.2 Å². The molecule has 0 amide bonds. The molecule has 2 rings (SSSR count). The summed E-state index contributed by atoms with van der Waals surface area (Å²) in [4.78, 5) is 4.39. The second-order valence-electron chi connectivity index (χ2n) is 4.55. The third-order valence-electron chi connectivity index (χ3n) is 3.01. The van der Waals surface area contributed by atoms with Crippen molar-refractivity contribution < 1.29 is 19.3 Å². The second-order valence-corrected chi connectivity index (χ2v) is 4.55. The van der Waals surface area contributed by atoms with Crippen molar-refractivity contribution in [2.45, 2.75) is 20.1 Å². The summed E-state index contributed by atoms with van der Waals surface area (Å²) in [5.74, 6) is 1.54. The summed E-state index contributed by atoms with van der Waals surface area (Å²) in [5.41, 5.74) is 2.46. The van der Waals surface area contributed by atoms with Crippen LogP contribution in [-0.4, -0.2) is 24.3 Å². The van der Waals surface area contributed by atoms with Gasteiger partial charge in [-0.2, -0.15) is 0 Å². The van der Waals surface area contributed by atoms with E-state index in [1.165, 1.54) is 0 Å². The quantitative estimate of drug-likeness (QED) is 0.885. The van der Waals surface area contributed by atoms with Gasteiger partial charge in [0.15, 0.2) is 11.5 Å². The number of methoxy groups -OCH3 is 2. The number of aryl methyl sites for hydroxylation is 1. The molecule has 0 spiro atoms. The van der Waals surface area contributed by atoms with Crippen molar-refractivity contribution in [3.8, 4) is 17.2 Å². The van der Waals surface area contributed by atoms with Crippen molar-refractivity contribution in [3.63, 3.8) is 0 Å². The van der Waals surface area contributed by atoms with E-state index in [0.717, 1.165) is 11.4 Å². The lowest BCUT2D eigenvalue weighted by Gasteiger charge is -2.15. The van der Waals surface area contributed by atoms with Crippen LogP contribution in [0.3, 0.4) is 0 Å². The minimum atomic E-state index is -0.0908. The second kappa shape index (κ2) is 6.95. The molecule has 0 aliphatic rings. The molecule has 0 aliphatic carbocycles. The smallest absolute Gasteiger partial charge is 0.203 e. The number of nitrogens with zero attached hydrogens (tertiary/aromatic N) is 1. The number of aliphatic hydroxyl groups excluding tert-OH is 1. The van der Waals surface area contributed by atoms with Gasteiger partial charge in [0.05, 0.1) is 26.5 Å². The van der Waals surface area contributed by atoms with Crippen LogP contribution in [0.15, 0.2) is 30.3 Å². The molecule has 1 N–H and O–H groups in total. The maximum absolute atomic E-state index is 9.24. The topological polar surface area (TPSA) is 60.8 Å². The average Bonchev–Trinajstić information content (AvgIpc) is 2.52. The number of rotatable bonds is 6. The molecule has 1 aromatic heterocycles. The van der Waals surface area contributed by atoms with E-state index >= 15 is 0 Å². The van der Waals surface area contributed by atoms with E-state index in [1.807, 2.05) is 25.1 Å². The zero-order chi connectivity index (χ0) is 15.2. The van der Waals surface area contributed by atoms with E-state index in [4.69, 9.17) is 14.2 Å². The minimum absolute atomic E-state index is 0.0908. The van der Waals surface area contributed by atoms with Gasteiger partial charge in [-0.15, -0.1) is 0 Å². The molecule has 0 bridgehead atoms. The van der Waals surface area contributed by atoms with Crippen LogP contribution in [0.2, 0.25) is 0 Å². The molecule has 1 heterocycles. The Morgan fingerprint density at radius 2 is 1.76 bits per heavy atom. The molecule has 5 nitrogen and oxygen atoms in total. The predicted molar refractivity (Wildman–Crippen MR) is 78.8 cm³/mol. The number of hydrogen-bond donors (Lipinski definition) is 1. The Bertz CT molecular complexity index is 588. The van der Waals surface area contributed by atoms with Gasteiger partial charge < -0.3 is 19.3 Å². The maximum atomic E-state index is 9.24. The lowest BCUT2D eigenvalue weighted by Crippen LogP contribution is -2.03. The Balaban J connectivity index is 2.26. The molecule has 112 valence electrons. The maximum Gasteiger partial charge on any atom is 0.203 e. The van der Waals surface area contributed by atoms with E-state index in [1.54, 1.807) is 26.4 Å². The van der Waals surface area contributed by atoms with Crippen LogP contribution in [0.25, 0.3) is 0 Å². The molecule has 0 atom stereocenters. The number of benzene rings is 1. The van der Waals surface area contributed by atoms with Crippen LogP contribution in [0.5, 0.6) is 17.2 Å². The fourth-order valence-corrected chi connectivity index (χ4v) is 1.99. The van der Waals surface area contributed by atoms with Gasteiger partial charge in [0.1, 0.15) is 6.61 Å². The fraction of sp³-hybridized carbons (Fsp3) is 0.312. The van der Waals surface area contributed by atoms with Crippen LogP contribution in [0.4, 0.5) is 0 Å². The van der Waals surface area contributed by atoms with Crippen molar-refractivity contribution >= 4 is 0 Å². The molecule has 5 heteroatoms. The van der Waals surface area contributed by atoms with Gasteiger partial charge in [0, 0.05) is 5.69 Å². The molecule has 0 aliphatic heterocycles. The van der Waals surface area contributed by atoms with Gasteiger partial charge >= 0.3 is 0 Å². The van der Waals surface area contributed by atoms with E-state index in [2.05, 4.69) is 4.98 Å². The van der Waals surface area contributed by atoms with Crippen molar-refractivity contribution in [2.24, 2.45) is 0 Å². The third-order valence-corrected chi connectivity index (χ3v) is 3.01. The van der Waals surface area contributed by atoms with Crippen LogP contribution < -0.4 is 14.2 Å². The van der Waals surface area contributed by atoms with Crippen molar-refractivity contribution in [1.29, 1.82) is 0 Å². The summed E-state index contributed by atoms with van der Waals surface area (Å²) in [6.45, 7) is 2.15. The van der Waals surface area contributed by atoms with E-state index in [-0.39, 0.29) is 6.61 Å². The fourth-order valence-electron chi connectivity index (χ4n) is 1.99. The van der Waals surface area contributed by atoms with E-state index in [0.29, 0.717) is 29.4 Å². The zero-order valence-corrected chi connectivity index (χ0v) is 12.4. The Kier molecular flexibility index (Phi) is 5.00. The highest BCUT2D eigenvalue weighted by molar-refractivity contribution is 5.53. The predicted octanol–water partition coefficient (Wildman–Crippen LogP) is 2.48. The molecule has 21 heavy (non-hydrogen) atoms. The number of aromatic nitrogens is 1. The molecular weight excluding hydrogens is 270 g/mol. The SMILES string of the molecule is COc1cc(CO)cc(OC)c1OCc1cccc(C)n1. The standard InChI is InChI=1S/C16H19NO4/c1-11-5-4-6-13(17-11)10-21-16-14(19-2)7-12(9-18)8-15(16)20-3/h4-8,18H,9-10H2,1-3H3. The summed E-state index contributed by atoms with van der Waals surface area (Å²) < 4.78 is 16.4. The lowest BCUT2D eigenvalue weighted by atomic mass is 10.2. The molecule has 0 fully saturated rings. The number of aliphatic hydroxyl groups is 1. The van der Waals surface area contributed by atoms with Gasteiger partial charge in [-0.05, 0) is 36.8 Å². The third kappa shape index (κ3) is 3.64. The highest BCUT2D eigenvalue weighted by atomic mass is 16.5. The van der Waals surface area contributed by atoms with Crippen LogP contribution in [-0.2, 0) is 13.2 Å². The molecular formula is C16H19NO4. The molecule has 2 aromatic rings. The summed E-state index contributed by atoms with van der Waals surface area (Å²) in [7, 11) is 3.10. The van der Waals surface area contributed by atoms with Crippen molar-refractivity contribution in [1.82, 2.24) is 4.98 Å². The first-order chi connectivity index (χ1) is 10.2. The molecule has 0 radical (unpaired) electrons. The Hall–Kier alpha value is -2.27. The number of ether oxygens (including phenoxy) is 3. The molecule has 0 unspecified atom stereocenters. The summed E-state index contributed by atoms with van der Waals surface area (Å²) in [5, 5.41) is 9.24. The van der Waals surface area contributed by atoms with Gasteiger partial charge in [-0.1, -0.05) is 6.07 Å². The molecule has 1 aromatic carbocycles. The van der Waals surface area contributed by atoms with Crippen LogP contribution in [0.1, 0.15) is 17.0 Å². The largest absolute Gasteiger partial charge is 0.493 e. The monoisotopic (exact) mass is 289 g/mol. The van der Waals surface area contributed by atoms with Gasteiger partial charge in [0.2, 0.25) is 5.75 Å². The molecule has 0 saturated heterocycles. The van der Waals surface area contributed by atoms with Crippen LogP contribution >= 0.6 is 0 Å². The van der Waals surface area contributed by atoms with Gasteiger partial charge in [0.25, 0.3) is 0 Å². The van der Waals surface area contributed by atoms with E-state index < -0.39 is 0 Å². The highest BCUT2D eigenvalue weighted by Gasteiger charge is 2.14. The summed E-state index contributed by atoms with van der Waals surface area (Å²) >= 11 is 0. The Labute approximate surface area is 124 Å². The molecule has 0 saturated carbocycles. The Morgan fingerprint density at radius 3 is 2.29 bits per heavy atom. The van der Waals surface area contributed by atoms with Crippen molar-refractivity contribution in [3.05, 3.63) is 47.3 Å². The highest BCUT2D eigenvalue weighted by Crippen LogP contribution is 2.39. The van der Waals surface area contributed by atoms with Gasteiger partial charge in [-0.25, -0.2) is 0 Å². The van der Waals surface area contributed by atoms with Gasteiger partial charge in [-0.3, -0.25) is 4.98 Å². The number of pyridine rings is 1. The Morgan fingerprint density at radius 1 is 1.10 bits per heavy atom. The number of hydrogen-bond acceptors (Lipinski definition) is 5. The minimum Gasteiger partial charge on any atom is -0.493 e. The first-order valence-corrected chi connectivity index (χ1v) is 6.59. The first kappa shape index (κ1) is 15.1. The summed E-state index contributed by atoms with van der Waals surface area (Å²) in [6, 6.07) is 9.21. The zero-order valence-electron chi connectivity index (χ0n) is 12.4. The normalized spacial score (nSPS) is 10.3. The average molecular weight is 289 g/mol.